The third-order valence-corrected chi connectivity index (χ3v) is 7.56. The number of alkyl halides is 1. The van der Waals surface area contributed by atoms with Crippen molar-refractivity contribution in [3.8, 4) is 0 Å². The third kappa shape index (κ3) is 9.95. The molecule has 2 aliphatic rings. The van der Waals surface area contributed by atoms with Crippen LogP contribution in [-0.4, -0.2) is 87.1 Å². The van der Waals surface area contributed by atoms with Crippen molar-refractivity contribution in [1.29, 1.82) is 0 Å². The number of hydrogen-bond acceptors (Lipinski definition) is 10. The van der Waals surface area contributed by atoms with Crippen LogP contribution in [0.2, 0.25) is 0 Å². The molecule has 12 nitrogen and oxygen atoms in total. The fourth-order valence-corrected chi connectivity index (χ4v) is 3.60. The minimum atomic E-state index is -0.414. The number of nitrogens with zero attached hydrogens (tertiary/aromatic N) is 3. The number of H-pyrrole nitrogens is 1. The molecule has 2 aromatic heterocycles. The molecule has 0 aliphatic carbocycles. The van der Waals surface area contributed by atoms with Crippen LogP contribution in [0, 0.1) is 0 Å². The predicted octanol–water partition coefficient (Wildman–Crippen LogP) is 2.40. The van der Waals surface area contributed by atoms with E-state index in [0.29, 0.717) is 25.1 Å². The van der Waals surface area contributed by atoms with Crippen LogP contribution < -0.4 is 10.9 Å². The first-order valence-electron chi connectivity index (χ1n) is 13.5. The van der Waals surface area contributed by atoms with Gasteiger partial charge in [-0.05, 0) is 55.4 Å². The predicted molar refractivity (Wildman–Crippen MR) is 159 cm³/mol. The number of nitrogens with one attached hydrogen (secondary N) is 1. The summed E-state index contributed by atoms with van der Waals surface area (Å²) in [6, 6.07) is 0. The van der Waals surface area contributed by atoms with Crippen molar-refractivity contribution < 1.29 is 37.7 Å². The highest BCUT2D eigenvalue weighted by molar-refractivity contribution is 9.09. The summed E-state index contributed by atoms with van der Waals surface area (Å²) < 4.78 is 34.6. The van der Waals surface area contributed by atoms with Crippen molar-refractivity contribution >= 4 is 53.0 Å². The molecule has 41 heavy (non-hydrogen) atoms. The van der Waals surface area contributed by atoms with Crippen molar-refractivity contribution in [1.82, 2.24) is 20.0 Å². The molecule has 2 saturated heterocycles. The maximum absolute atomic E-state index is 10.7. The first-order chi connectivity index (χ1) is 18.9. The van der Waals surface area contributed by atoms with E-state index in [-0.39, 0.29) is 41.5 Å². The van der Waals surface area contributed by atoms with Crippen LogP contribution in [0.3, 0.4) is 0 Å². The second-order valence-corrected chi connectivity index (χ2v) is 12.4. The zero-order valence-corrected chi connectivity index (χ0v) is 27.4. The van der Waals surface area contributed by atoms with E-state index in [1.807, 2.05) is 61.6 Å². The molecule has 0 atom stereocenters. The smallest absolute Gasteiger partial charge is 0.465 e. The Labute approximate surface area is 251 Å². The summed E-state index contributed by atoms with van der Waals surface area (Å²) in [6.45, 7) is 20.3. The average Bonchev–Trinajstić information content (AvgIpc) is 3.61. The highest BCUT2D eigenvalue weighted by Gasteiger charge is 2.53. The average molecular weight is 641 g/mol. The van der Waals surface area contributed by atoms with Crippen LogP contribution in [0.15, 0.2) is 24.8 Å². The van der Waals surface area contributed by atoms with E-state index in [4.69, 9.17) is 23.4 Å². The molecule has 0 aromatic carbocycles. The number of aromatic amines is 1. The first-order valence-corrected chi connectivity index (χ1v) is 14.6. The molecule has 0 amide bonds. The van der Waals surface area contributed by atoms with Gasteiger partial charge in [0, 0.05) is 54.9 Å². The monoisotopic (exact) mass is 640 g/mol. The van der Waals surface area contributed by atoms with E-state index in [1.165, 1.54) is 13.8 Å². The molecule has 2 aliphatic heterocycles. The first kappa shape index (κ1) is 35.0. The maximum Gasteiger partial charge on any atom is 0.498 e. The molecule has 4 rings (SSSR count). The lowest BCUT2D eigenvalue weighted by molar-refractivity contribution is -0.141. The molecule has 0 radical (unpaired) electrons. The summed E-state index contributed by atoms with van der Waals surface area (Å²) in [4.78, 5) is 20.7. The summed E-state index contributed by atoms with van der Waals surface area (Å²) in [7, 11) is -0.721. The Kier molecular flexibility index (Phi) is 12.2. The lowest BCUT2D eigenvalue weighted by Gasteiger charge is -2.32. The fourth-order valence-electron chi connectivity index (χ4n) is 3.44. The number of esters is 2. The molecule has 228 valence electrons. The van der Waals surface area contributed by atoms with Crippen LogP contribution in [0.5, 0.6) is 0 Å². The molecule has 1 N–H and O–H groups in total. The van der Waals surface area contributed by atoms with Gasteiger partial charge in [-0.25, -0.2) is 0 Å². The van der Waals surface area contributed by atoms with Crippen molar-refractivity contribution in [2.24, 2.45) is 0 Å². The van der Waals surface area contributed by atoms with Gasteiger partial charge in [-0.3, -0.25) is 19.4 Å². The second kappa shape index (κ2) is 14.3. The molecular formula is C26H43B2BrN4O8. The Balaban J connectivity index is 0.000000242. The SMILES string of the molecule is CC(=O)OCCBr.CC(=O)OCCn1cc(B2OC(C)(C)C(C)(C)O2)cn1.CC1(C)OB(c2cn[nH]c2)OC1(C)C. The molecule has 2 aromatic rings. The van der Waals surface area contributed by atoms with Crippen LogP contribution in [-0.2, 0) is 44.2 Å². The van der Waals surface area contributed by atoms with Gasteiger partial charge < -0.3 is 28.1 Å². The molecule has 0 unspecified atom stereocenters. The summed E-state index contributed by atoms with van der Waals surface area (Å²) in [6.07, 6.45) is 7.09. The summed E-state index contributed by atoms with van der Waals surface area (Å²) >= 11 is 3.10. The highest BCUT2D eigenvalue weighted by Crippen LogP contribution is 2.37. The van der Waals surface area contributed by atoms with Gasteiger partial charge in [0.1, 0.15) is 13.2 Å². The number of aromatic nitrogens is 4. The molecule has 0 spiro atoms. The Bertz CT molecular complexity index is 1090. The van der Waals surface area contributed by atoms with Gasteiger partial charge in [0.2, 0.25) is 0 Å². The van der Waals surface area contributed by atoms with Gasteiger partial charge >= 0.3 is 26.2 Å². The summed E-state index contributed by atoms with van der Waals surface area (Å²) in [5, 5.41) is 11.6. The van der Waals surface area contributed by atoms with E-state index in [9.17, 15) is 9.59 Å². The molecule has 15 heteroatoms. The highest BCUT2D eigenvalue weighted by atomic mass is 79.9. The van der Waals surface area contributed by atoms with E-state index in [1.54, 1.807) is 23.3 Å². The molecule has 2 fully saturated rings. The molecule has 0 saturated carbocycles. The lowest BCUT2D eigenvalue weighted by Crippen LogP contribution is -2.41. The minimum absolute atomic E-state index is 0.223. The number of rotatable bonds is 7. The van der Waals surface area contributed by atoms with Gasteiger partial charge in [0.25, 0.3) is 0 Å². The normalized spacial score (nSPS) is 19.5. The van der Waals surface area contributed by atoms with Crippen LogP contribution in [0.25, 0.3) is 0 Å². The zero-order valence-electron chi connectivity index (χ0n) is 25.8. The minimum Gasteiger partial charge on any atom is -0.465 e. The molecular weight excluding hydrogens is 598 g/mol. The van der Waals surface area contributed by atoms with Gasteiger partial charge in [-0.1, -0.05) is 15.9 Å². The van der Waals surface area contributed by atoms with Crippen LogP contribution >= 0.6 is 15.9 Å². The van der Waals surface area contributed by atoms with Crippen molar-refractivity contribution in [3.63, 3.8) is 0 Å². The molecule has 0 bridgehead atoms. The Hall–Kier alpha value is -2.19. The van der Waals surface area contributed by atoms with Crippen molar-refractivity contribution in [2.75, 3.05) is 18.5 Å². The lowest BCUT2D eigenvalue weighted by atomic mass is 9.82. The Morgan fingerprint density at radius 2 is 1.29 bits per heavy atom. The van der Waals surface area contributed by atoms with E-state index in [0.717, 1.165) is 10.9 Å². The fraction of sp³-hybridized carbons (Fsp3) is 0.692. The number of carbonyl (C=O) groups is 2. The standard InChI is InChI=1S/C13H21BN2O4.C9H15BN2O2.C4H7BrO2/c1-10(17)18-7-6-16-9-11(8-15-16)14-19-12(2,3)13(4,5)20-14;1-8(2)9(3,4)14-10(13-8)7-5-11-12-6-7;1-4(6)7-3-2-5/h8-9H,6-7H2,1-5H3;5-6H,1-4H3,(H,11,12);2-3H2,1H3. The summed E-state index contributed by atoms with van der Waals surface area (Å²) in [5.74, 6) is -0.511. The van der Waals surface area contributed by atoms with E-state index in [2.05, 4.69) is 36.0 Å². The van der Waals surface area contributed by atoms with Gasteiger partial charge in [0.15, 0.2) is 0 Å². The Morgan fingerprint density at radius 1 is 0.829 bits per heavy atom. The number of carbonyl (C=O) groups excluding carboxylic acids is 2. The van der Waals surface area contributed by atoms with Crippen molar-refractivity contribution in [2.45, 2.75) is 98.2 Å². The summed E-state index contributed by atoms with van der Waals surface area (Å²) in [5.41, 5.74) is 0.508. The second-order valence-electron chi connectivity index (χ2n) is 11.6. The van der Waals surface area contributed by atoms with Gasteiger partial charge in [-0.15, -0.1) is 0 Å². The zero-order chi connectivity index (χ0) is 31.1. The van der Waals surface area contributed by atoms with E-state index < -0.39 is 7.12 Å². The maximum atomic E-state index is 10.7. The van der Waals surface area contributed by atoms with Gasteiger partial charge in [0.05, 0.1) is 28.9 Å². The number of hydrogen-bond donors (Lipinski definition) is 1. The third-order valence-electron chi connectivity index (χ3n) is 7.23. The van der Waals surface area contributed by atoms with Crippen molar-refractivity contribution in [3.05, 3.63) is 24.8 Å². The Morgan fingerprint density at radius 3 is 1.68 bits per heavy atom. The quantitative estimate of drug-likeness (QED) is 0.273. The van der Waals surface area contributed by atoms with Gasteiger partial charge in [-0.2, -0.15) is 10.2 Å². The number of ether oxygens (including phenoxy) is 2. The number of halogens is 1. The van der Waals surface area contributed by atoms with E-state index >= 15 is 0 Å². The van der Waals surface area contributed by atoms with Crippen LogP contribution in [0.4, 0.5) is 0 Å². The van der Waals surface area contributed by atoms with Crippen LogP contribution in [0.1, 0.15) is 69.2 Å². The molecule has 4 heterocycles. The topological polar surface area (TPSA) is 136 Å². The largest absolute Gasteiger partial charge is 0.498 e.